The van der Waals surface area contributed by atoms with Gasteiger partial charge in [-0.3, -0.25) is 9.67 Å². The lowest BCUT2D eigenvalue weighted by atomic mass is 10.1. The predicted molar refractivity (Wildman–Crippen MR) is 65.8 cm³/mol. The van der Waals surface area contributed by atoms with Crippen molar-refractivity contribution in [2.24, 2.45) is 0 Å². The fourth-order valence-corrected chi connectivity index (χ4v) is 2.01. The van der Waals surface area contributed by atoms with E-state index in [2.05, 4.69) is 10.1 Å². The number of pyridine rings is 1. The second-order valence-electron chi connectivity index (χ2n) is 3.94. The SMILES string of the molecule is CCCn1ncc(Cl)c1C(O)c1cncc(F)c1. The maximum absolute atomic E-state index is 13.1. The largest absolute Gasteiger partial charge is 0.382 e. The fraction of sp³-hybridized carbons (Fsp3) is 0.333. The average Bonchev–Trinajstić information content (AvgIpc) is 2.70. The van der Waals surface area contributed by atoms with E-state index in [1.54, 1.807) is 4.68 Å². The van der Waals surface area contributed by atoms with Gasteiger partial charge in [0, 0.05) is 18.3 Å². The van der Waals surface area contributed by atoms with Crippen molar-refractivity contribution >= 4 is 11.6 Å². The van der Waals surface area contributed by atoms with E-state index in [9.17, 15) is 9.50 Å². The van der Waals surface area contributed by atoms with Crippen LogP contribution >= 0.6 is 11.6 Å². The maximum Gasteiger partial charge on any atom is 0.141 e. The van der Waals surface area contributed by atoms with Crippen LogP contribution in [0.2, 0.25) is 5.02 Å². The molecule has 2 rings (SSSR count). The fourth-order valence-electron chi connectivity index (χ4n) is 1.77. The highest BCUT2D eigenvalue weighted by molar-refractivity contribution is 6.31. The minimum atomic E-state index is -1.03. The number of aromatic nitrogens is 3. The van der Waals surface area contributed by atoms with Gasteiger partial charge in [-0.25, -0.2) is 4.39 Å². The molecule has 18 heavy (non-hydrogen) atoms. The lowest BCUT2D eigenvalue weighted by Gasteiger charge is -2.13. The minimum Gasteiger partial charge on any atom is -0.382 e. The molecule has 0 amide bonds. The van der Waals surface area contributed by atoms with Gasteiger partial charge in [0.15, 0.2) is 0 Å². The molecule has 0 radical (unpaired) electrons. The second-order valence-corrected chi connectivity index (χ2v) is 4.35. The molecule has 4 nitrogen and oxygen atoms in total. The van der Waals surface area contributed by atoms with Crippen LogP contribution in [0.25, 0.3) is 0 Å². The molecular weight excluding hydrogens is 257 g/mol. The standard InChI is InChI=1S/C12H13ClFN3O/c1-2-3-17-11(10(13)7-16-17)12(18)8-4-9(14)6-15-5-8/h4-7,12,18H,2-3H2,1H3. The molecular formula is C12H13ClFN3O. The maximum atomic E-state index is 13.1. The second kappa shape index (κ2) is 5.46. The van der Waals surface area contributed by atoms with Gasteiger partial charge in [0.05, 0.1) is 23.1 Å². The average molecular weight is 270 g/mol. The molecule has 1 unspecified atom stereocenters. The summed E-state index contributed by atoms with van der Waals surface area (Å²) >= 11 is 6.01. The van der Waals surface area contributed by atoms with Gasteiger partial charge in [-0.15, -0.1) is 0 Å². The molecule has 6 heteroatoms. The van der Waals surface area contributed by atoms with Crippen molar-refractivity contribution in [3.05, 3.63) is 46.8 Å². The first-order chi connectivity index (χ1) is 8.63. The summed E-state index contributed by atoms with van der Waals surface area (Å²) in [6.45, 7) is 2.64. The Hall–Kier alpha value is -1.46. The highest BCUT2D eigenvalue weighted by Crippen LogP contribution is 2.28. The number of rotatable bonds is 4. The van der Waals surface area contributed by atoms with Gasteiger partial charge < -0.3 is 5.11 Å². The number of aliphatic hydroxyl groups is 1. The van der Waals surface area contributed by atoms with Gasteiger partial charge in [0.2, 0.25) is 0 Å². The molecule has 0 bridgehead atoms. The summed E-state index contributed by atoms with van der Waals surface area (Å²) in [6.07, 6.45) is 3.80. The lowest BCUT2D eigenvalue weighted by Crippen LogP contribution is -2.11. The number of hydrogen-bond acceptors (Lipinski definition) is 3. The van der Waals surface area contributed by atoms with Crippen molar-refractivity contribution in [3.63, 3.8) is 0 Å². The smallest absolute Gasteiger partial charge is 0.141 e. The van der Waals surface area contributed by atoms with Crippen molar-refractivity contribution < 1.29 is 9.50 Å². The molecule has 1 atom stereocenters. The highest BCUT2D eigenvalue weighted by Gasteiger charge is 2.20. The van der Waals surface area contributed by atoms with Gasteiger partial charge in [0.25, 0.3) is 0 Å². The molecule has 0 aliphatic heterocycles. The molecule has 1 N–H and O–H groups in total. The molecule has 0 aliphatic carbocycles. The zero-order valence-electron chi connectivity index (χ0n) is 9.85. The molecule has 2 aromatic heterocycles. The summed E-state index contributed by atoms with van der Waals surface area (Å²) < 4.78 is 14.7. The number of halogens is 2. The van der Waals surface area contributed by atoms with Crippen molar-refractivity contribution in [1.82, 2.24) is 14.8 Å². The molecule has 2 heterocycles. The van der Waals surface area contributed by atoms with Crippen LogP contribution in [0.1, 0.15) is 30.7 Å². The number of aryl methyl sites for hydroxylation is 1. The monoisotopic (exact) mass is 269 g/mol. The predicted octanol–water partition coefficient (Wildman–Crippen LogP) is 2.56. The van der Waals surface area contributed by atoms with Gasteiger partial charge in [0.1, 0.15) is 11.9 Å². The Balaban J connectivity index is 2.39. The van der Waals surface area contributed by atoms with Crippen molar-refractivity contribution in [2.45, 2.75) is 26.0 Å². The summed E-state index contributed by atoms with van der Waals surface area (Å²) in [5, 5.41) is 14.7. The Morgan fingerprint density at radius 2 is 2.22 bits per heavy atom. The van der Waals surface area contributed by atoms with Gasteiger partial charge >= 0.3 is 0 Å². The highest BCUT2D eigenvalue weighted by atomic mass is 35.5. The normalized spacial score (nSPS) is 12.7. The Morgan fingerprint density at radius 3 is 2.89 bits per heavy atom. The van der Waals surface area contributed by atoms with Gasteiger partial charge in [-0.1, -0.05) is 18.5 Å². The number of hydrogen-bond donors (Lipinski definition) is 1. The molecule has 0 saturated heterocycles. The van der Waals surface area contributed by atoms with Crippen LogP contribution in [0.3, 0.4) is 0 Å². The number of nitrogens with zero attached hydrogens (tertiary/aromatic N) is 3. The summed E-state index contributed by atoms with van der Waals surface area (Å²) in [5.74, 6) is -0.496. The summed E-state index contributed by atoms with van der Waals surface area (Å²) in [4.78, 5) is 3.71. The lowest BCUT2D eigenvalue weighted by molar-refractivity contribution is 0.206. The van der Waals surface area contributed by atoms with Crippen LogP contribution in [0.5, 0.6) is 0 Å². The van der Waals surface area contributed by atoms with E-state index < -0.39 is 11.9 Å². The molecule has 0 aromatic carbocycles. The molecule has 2 aromatic rings. The van der Waals surface area contributed by atoms with Crippen molar-refractivity contribution in [2.75, 3.05) is 0 Å². The van der Waals surface area contributed by atoms with Crippen molar-refractivity contribution in [1.29, 1.82) is 0 Å². The van der Waals surface area contributed by atoms with E-state index in [0.717, 1.165) is 12.6 Å². The number of aliphatic hydroxyl groups excluding tert-OH is 1. The Kier molecular flexibility index (Phi) is 3.93. The van der Waals surface area contributed by atoms with Crippen LogP contribution in [0, 0.1) is 5.82 Å². The molecule has 0 aliphatic rings. The molecule has 0 saturated carbocycles. The third-order valence-corrected chi connectivity index (χ3v) is 2.86. The minimum absolute atomic E-state index is 0.356. The Morgan fingerprint density at radius 1 is 1.44 bits per heavy atom. The first kappa shape index (κ1) is 13.0. The molecule has 0 spiro atoms. The van der Waals surface area contributed by atoms with E-state index in [1.165, 1.54) is 18.5 Å². The van der Waals surface area contributed by atoms with Crippen LogP contribution in [-0.2, 0) is 6.54 Å². The van der Waals surface area contributed by atoms with E-state index in [4.69, 9.17) is 11.6 Å². The van der Waals surface area contributed by atoms with E-state index in [0.29, 0.717) is 22.8 Å². The third kappa shape index (κ3) is 2.52. The first-order valence-corrected chi connectivity index (χ1v) is 6.01. The van der Waals surface area contributed by atoms with Crippen LogP contribution in [-0.4, -0.2) is 19.9 Å². The van der Waals surface area contributed by atoms with Crippen molar-refractivity contribution in [3.8, 4) is 0 Å². The van der Waals surface area contributed by atoms with Crippen LogP contribution in [0.4, 0.5) is 4.39 Å². The quantitative estimate of drug-likeness (QED) is 0.928. The van der Waals surface area contributed by atoms with Crippen LogP contribution in [0.15, 0.2) is 24.7 Å². The molecule has 96 valence electrons. The van der Waals surface area contributed by atoms with Gasteiger partial charge in [-0.2, -0.15) is 5.10 Å². The summed E-state index contributed by atoms with van der Waals surface area (Å²) in [7, 11) is 0. The van der Waals surface area contributed by atoms with Crippen LogP contribution < -0.4 is 0 Å². The van der Waals surface area contributed by atoms with Gasteiger partial charge in [-0.05, 0) is 12.5 Å². The summed E-state index contributed by atoms with van der Waals surface area (Å²) in [6, 6.07) is 1.23. The van der Waals surface area contributed by atoms with E-state index >= 15 is 0 Å². The Labute approximate surface area is 109 Å². The van der Waals surface area contributed by atoms with E-state index in [-0.39, 0.29) is 0 Å². The summed E-state index contributed by atoms with van der Waals surface area (Å²) in [5.41, 5.74) is 0.820. The van der Waals surface area contributed by atoms with E-state index in [1.807, 2.05) is 6.92 Å². The molecule has 0 fully saturated rings. The first-order valence-electron chi connectivity index (χ1n) is 5.63. The Bertz CT molecular complexity index is 544. The zero-order chi connectivity index (χ0) is 13.1. The zero-order valence-corrected chi connectivity index (χ0v) is 10.6. The third-order valence-electron chi connectivity index (χ3n) is 2.57. The topological polar surface area (TPSA) is 50.9 Å².